The first-order valence-corrected chi connectivity index (χ1v) is 9.85. The number of anilines is 1. The minimum atomic E-state index is -0.257. The molecule has 1 saturated heterocycles. The van der Waals surface area contributed by atoms with Gasteiger partial charge in [0.25, 0.3) is 5.91 Å². The summed E-state index contributed by atoms with van der Waals surface area (Å²) in [6, 6.07) is 6.23. The topological polar surface area (TPSA) is 73.1 Å². The van der Waals surface area contributed by atoms with E-state index in [9.17, 15) is 4.79 Å². The monoisotopic (exact) mass is 401 g/mol. The number of fused-ring (bicyclic) bond motifs is 1. The number of aromatic amines is 1. The van der Waals surface area contributed by atoms with Crippen molar-refractivity contribution in [3.8, 4) is 0 Å². The van der Waals surface area contributed by atoms with Crippen LogP contribution in [0.2, 0.25) is 5.02 Å². The maximum atomic E-state index is 12.2. The zero-order valence-corrected chi connectivity index (χ0v) is 16.3. The van der Waals surface area contributed by atoms with Crippen LogP contribution >= 0.6 is 23.8 Å². The number of rotatable bonds is 3. The Hall–Kier alpha value is -2.18. The van der Waals surface area contributed by atoms with Crippen molar-refractivity contribution in [2.45, 2.75) is 38.3 Å². The van der Waals surface area contributed by atoms with Gasteiger partial charge in [0, 0.05) is 11.1 Å². The van der Waals surface area contributed by atoms with Gasteiger partial charge in [0.15, 0.2) is 11.6 Å². The number of amides is 1. The van der Waals surface area contributed by atoms with E-state index in [2.05, 4.69) is 25.6 Å². The third kappa shape index (κ3) is 3.64. The van der Waals surface area contributed by atoms with Gasteiger partial charge in [-0.15, -0.1) is 0 Å². The lowest BCUT2D eigenvalue weighted by Crippen LogP contribution is -2.41. The van der Waals surface area contributed by atoms with E-state index in [1.165, 1.54) is 31.2 Å². The maximum absolute atomic E-state index is 12.2. The van der Waals surface area contributed by atoms with Crippen LogP contribution in [-0.4, -0.2) is 27.4 Å². The molecule has 0 saturated carbocycles. The standard InChI is InChI=1S/C19H20ClN5OS/c20-13-6-5-12(14(8-13)15-4-2-1-3-7-21-15)9-25-16(10-27)24-19(26)17-18(25)23-11-22-17/h5-6,8,11,15,21H,1-4,7,9H2,(H,22,23)(H,24,26)/t15-/m1/s1. The number of hydrogen-bond donors (Lipinski definition) is 3. The van der Waals surface area contributed by atoms with Crippen molar-refractivity contribution in [1.29, 1.82) is 0 Å². The molecule has 0 spiro atoms. The SMILES string of the molecule is O=C1NC(=C=S)N(Cc2ccc(Cl)cc2[C@H]2CCCCCN2)c2nc[nH]c21. The smallest absolute Gasteiger partial charge is 0.277 e. The molecule has 1 atom stereocenters. The van der Waals surface area contributed by atoms with E-state index in [0.717, 1.165) is 23.6 Å². The third-order valence-corrected chi connectivity index (χ3v) is 5.50. The van der Waals surface area contributed by atoms with Crippen LogP contribution in [0.3, 0.4) is 0 Å². The quantitative estimate of drug-likeness (QED) is 0.687. The number of nitrogens with one attached hydrogen (secondary N) is 3. The summed E-state index contributed by atoms with van der Waals surface area (Å²) in [6.07, 6.45) is 6.22. The van der Waals surface area contributed by atoms with Crippen LogP contribution in [0.25, 0.3) is 0 Å². The number of nitrogens with zero attached hydrogens (tertiary/aromatic N) is 2. The number of benzene rings is 1. The maximum Gasteiger partial charge on any atom is 0.277 e. The molecule has 8 heteroatoms. The van der Waals surface area contributed by atoms with Gasteiger partial charge in [0.05, 0.1) is 12.9 Å². The number of H-pyrrole nitrogens is 1. The van der Waals surface area contributed by atoms with Crippen molar-refractivity contribution < 1.29 is 4.79 Å². The van der Waals surface area contributed by atoms with Crippen molar-refractivity contribution in [2.75, 3.05) is 11.4 Å². The fourth-order valence-corrected chi connectivity index (χ4v) is 4.08. The molecule has 0 bridgehead atoms. The predicted octanol–water partition coefficient (Wildman–Crippen LogP) is 3.46. The van der Waals surface area contributed by atoms with E-state index in [1.54, 1.807) is 0 Å². The van der Waals surface area contributed by atoms with E-state index in [1.807, 2.05) is 23.1 Å². The van der Waals surface area contributed by atoms with Crippen molar-refractivity contribution in [1.82, 2.24) is 20.6 Å². The van der Waals surface area contributed by atoms with Gasteiger partial charge in [0.2, 0.25) is 0 Å². The third-order valence-electron chi connectivity index (χ3n) is 5.07. The molecule has 0 aliphatic carbocycles. The fourth-order valence-electron chi connectivity index (χ4n) is 3.74. The van der Waals surface area contributed by atoms with Crippen molar-refractivity contribution in [2.24, 2.45) is 0 Å². The Bertz CT molecular complexity index is 913. The minimum absolute atomic E-state index is 0.257. The van der Waals surface area contributed by atoms with E-state index < -0.39 is 0 Å². The summed E-state index contributed by atoms with van der Waals surface area (Å²) in [5.41, 5.74) is 2.72. The van der Waals surface area contributed by atoms with E-state index >= 15 is 0 Å². The summed E-state index contributed by atoms with van der Waals surface area (Å²) >= 11 is 11.3. The minimum Gasteiger partial charge on any atom is -0.339 e. The Balaban J connectivity index is 1.71. The van der Waals surface area contributed by atoms with Gasteiger partial charge in [-0.25, -0.2) is 4.98 Å². The highest BCUT2D eigenvalue weighted by atomic mass is 35.5. The Morgan fingerprint density at radius 2 is 2.22 bits per heavy atom. The Labute approximate surface area is 168 Å². The fraction of sp³-hybridized carbons (Fsp3) is 0.368. The molecule has 1 amide bonds. The molecule has 1 fully saturated rings. The summed E-state index contributed by atoms with van der Waals surface area (Å²) in [6.45, 7) is 1.52. The predicted molar refractivity (Wildman–Crippen MR) is 109 cm³/mol. The summed E-state index contributed by atoms with van der Waals surface area (Å²) in [5, 5.41) is 9.79. The Morgan fingerprint density at radius 1 is 1.33 bits per heavy atom. The molecule has 2 aromatic rings. The molecule has 0 radical (unpaired) electrons. The normalized spacial score (nSPS) is 19.9. The number of thiocarbonyl (C=S) groups is 1. The molecule has 0 unspecified atom stereocenters. The first-order chi connectivity index (χ1) is 13.2. The lowest BCUT2D eigenvalue weighted by atomic mass is 9.96. The number of halogens is 1. The number of hydrogen-bond acceptors (Lipinski definition) is 5. The number of carbonyl (C=O) groups is 1. The Kier molecular flexibility index (Phi) is 5.27. The molecule has 140 valence electrons. The van der Waals surface area contributed by atoms with Crippen LogP contribution in [0.1, 0.15) is 53.3 Å². The van der Waals surface area contributed by atoms with Crippen LogP contribution in [-0.2, 0) is 6.54 Å². The molecule has 1 aromatic heterocycles. The van der Waals surface area contributed by atoms with Gasteiger partial charge >= 0.3 is 0 Å². The second-order valence-corrected chi connectivity index (χ2v) is 7.43. The molecular formula is C19H20ClN5OS. The number of aromatic nitrogens is 2. The second-order valence-electron chi connectivity index (χ2n) is 6.79. The average Bonchev–Trinajstić information content (AvgIpc) is 3.01. The van der Waals surface area contributed by atoms with Gasteiger partial charge < -0.3 is 10.3 Å². The molecule has 6 nitrogen and oxygen atoms in total. The van der Waals surface area contributed by atoms with Crippen molar-refractivity contribution >= 4 is 40.6 Å². The number of imidazole rings is 1. The van der Waals surface area contributed by atoms with E-state index in [0.29, 0.717) is 23.9 Å². The molecular weight excluding hydrogens is 382 g/mol. The highest BCUT2D eigenvalue weighted by Crippen LogP contribution is 2.32. The summed E-state index contributed by atoms with van der Waals surface area (Å²) in [7, 11) is 0. The molecule has 4 rings (SSSR count). The van der Waals surface area contributed by atoms with Gasteiger partial charge in [-0.1, -0.05) is 30.5 Å². The van der Waals surface area contributed by atoms with E-state index in [-0.39, 0.29) is 11.9 Å². The summed E-state index contributed by atoms with van der Waals surface area (Å²) in [5.74, 6) is 0.734. The first kappa shape index (κ1) is 18.2. The lowest BCUT2D eigenvalue weighted by Gasteiger charge is -2.30. The zero-order chi connectivity index (χ0) is 18.8. The lowest BCUT2D eigenvalue weighted by molar-refractivity contribution is 0.0956. The van der Waals surface area contributed by atoms with Crippen LogP contribution in [0.4, 0.5) is 5.82 Å². The van der Waals surface area contributed by atoms with Crippen LogP contribution < -0.4 is 15.5 Å². The first-order valence-electron chi connectivity index (χ1n) is 9.06. The van der Waals surface area contributed by atoms with Crippen molar-refractivity contribution in [3.05, 3.63) is 52.2 Å². The van der Waals surface area contributed by atoms with Crippen LogP contribution in [0.5, 0.6) is 0 Å². The highest BCUT2D eigenvalue weighted by molar-refractivity contribution is 7.78. The van der Waals surface area contributed by atoms with Gasteiger partial charge in [0.1, 0.15) is 5.69 Å². The van der Waals surface area contributed by atoms with Crippen LogP contribution in [0, 0.1) is 0 Å². The summed E-state index contributed by atoms with van der Waals surface area (Å²) < 4.78 is 0. The van der Waals surface area contributed by atoms with Gasteiger partial charge in [-0.2, -0.15) is 0 Å². The molecule has 3 heterocycles. The Morgan fingerprint density at radius 3 is 3.07 bits per heavy atom. The molecule has 27 heavy (non-hydrogen) atoms. The molecule has 2 aliphatic rings. The average molecular weight is 402 g/mol. The molecule has 1 aromatic carbocycles. The zero-order valence-electron chi connectivity index (χ0n) is 14.7. The highest BCUT2D eigenvalue weighted by Gasteiger charge is 2.30. The summed E-state index contributed by atoms with van der Waals surface area (Å²) in [4.78, 5) is 21.3. The van der Waals surface area contributed by atoms with Gasteiger partial charge in [-0.3, -0.25) is 15.0 Å². The van der Waals surface area contributed by atoms with Crippen LogP contribution in [0.15, 0.2) is 30.3 Å². The van der Waals surface area contributed by atoms with Crippen molar-refractivity contribution in [3.63, 3.8) is 0 Å². The second kappa shape index (κ2) is 7.82. The molecule has 2 aliphatic heterocycles. The molecule has 3 N–H and O–H groups in total. The van der Waals surface area contributed by atoms with E-state index in [4.69, 9.17) is 23.8 Å². The largest absolute Gasteiger partial charge is 0.339 e. The number of carbonyl (C=O) groups excluding carboxylic acids is 1. The van der Waals surface area contributed by atoms with Gasteiger partial charge in [-0.05, 0) is 59.9 Å².